The normalized spacial score (nSPS) is 9.79. The number of methoxy groups -OCH3 is 1. The zero-order valence-corrected chi connectivity index (χ0v) is 11.9. The Morgan fingerprint density at radius 3 is 2.26 bits per heavy atom. The van der Waals surface area contributed by atoms with Crippen LogP contribution in [0.1, 0.15) is 0 Å². The van der Waals surface area contributed by atoms with Crippen molar-refractivity contribution < 1.29 is 4.74 Å². The van der Waals surface area contributed by atoms with E-state index in [1.165, 1.54) is 0 Å². The molecule has 0 unspecified atom stereocenters. The minimum absolute atomic E-state index is 0.456. The second kappa shape index (κ2) is 6.41. The highest BCUT2D eigenvalue weighted by Gasteiger charge is 2.05. The Kier molecular flexibility index (Phi) is 4.60. The zero-order valence-electron chi connectivity index (χ0n) is 10.3. The van der Waals surface area contributed by atoms with Gasteiger partial charge < -0.3 is 15.4 Å². The lowest BCUT2D eigenvalue weighted by Gasteiger charge is -2.13. The summed E-state index contributed by atoms with van der Waals surface area (Å²) < 4.78 is 5.24. The Balaban J connectivity index is 2.08. The van der Waals surface area contributed by atoms with Crippen molar-refractivity contribution in [3.8, 4) is 5.75 Å². The van der Waals surface area contributed by atoms with Gasteiger partial charge in [-0.15, -0.1) is 0 Å². The minimum atomic E-state index is 0.456. The van der Waals surface area contributed by atoms with Crippen molar-refractivity contribution >= 4 is 40.3 Å². The number of hydrogen-bond acceptors (Lipinski definition) is 2. The van der Waals surface area contributed by atoms with E-state index < -0.39 is 0 Å². The van der Waals surface area contributed by atoms with E-state index >= 15 is 0 Å². The predicted octanol–water partition coefficient (Wildman–Crippen LogP) is 4.16. The number of anilines is 2. The molecule has 0 aliphatic carbocycles. The molecule has 0 aromatic heterocycles. The molecule has 0 saturated carbocycles. The van der Waals surface area contributed by atoms with Gasteiger partial charge in [-0.1, -0.05) is 35.9 Å². The van der Waals surface area contributed by atoms with Gasteiger partial charge in [0.1, 0.15) is 5.75 Å². The first kappa shape index (κ1) is 13.6. The lowest BCUT2D eigenvalue weighted by atomic mass is 10.3. The van der Waals surface area contributed by atoms with Gasteiger partial charge in [-0.3, -0.25) is 0 Å². The van der Waals surface area contributed by atoms with Crippen LogP contribution in [0.3, 0.4) is 0 Å². The van der Waals surface area contributed by atoms with Crippen LogP contribution < -0.4 is 15.4 Å². The van der Waals surface area contributed by atoms with Crippen LogP contribution in [0.25, 0.3) is 0 Å². The van der Waals surface area contributed by atoms with Crippen LogP contribution in [-0.2, 0) is 0 Å². The van der Waals surface area contributed by atoms with Crippen LogP contribution in [-0.4, -0.2) is 12.2 Å². The molecule has 3 nitrogen and oxygen atoms in total. The van der Waals surface area contributed by atoms with Crippen LogP contribution in [0.2, 0.25) is 5.02 Å². The van der Waals surface area contributed by atoms with E-state index in [2.05, 4.69) is 10.6 Å². The first-order chi connectivity index (χ1) is 9.20. The summed E-state index contributed by atoms with van der Waals surface area (Å²) in [5, 5.41) is 7.19. The van der Waals surface area contributed by atoms with Crippen LogP contribution >= 0.6 is 23.8 Å². The highest BCUT2D eigenvalue weighted by molar-refractivity contribution is 7.80. The summed E-state index contributed by atoms with van der Waals surface area (Å²) in [5.41, 5.74) is 1.56. The Hall–Kier alpha value is -1.78. The fourth-order valence-corrected chi connectivity index (χ4v) is 1.99. The third-order valence-corrected chi connectivity index (χ3v) is 3.01. The Morgan fingerprint density at radius 1 is 1.00 bits per heavy atom. The maximum atomic E-state index is 6.06. The summed E-state index contributed by atoms with van der Waals surface area (Å²) in [7, 11) is 1.62. The van der Waals surface area contributed by atoms with Crippen LogP contribution in [0.15, 0.2) is 48.5 Å². The molecule has 0 fully saturated rings. The van der Waals surface area contributed by atoms with E-state index in [9.17, 15) is 0 Å². The molecule has 2 aromatic rings. The van der Waals surface area contributed by atoms with Gasteiger partial charge in [-0.2, -0.15) is 0 Å². The molecule has 5 heteroatoms. The van der Waals surface area contributed by atoms with Crippen molar-refractivity contribution in [1.29, 1.82) is 0 Å². The van der Waals surface area contributed by atoms with Gasteiger partial charge in [0, 0.05) is 0 Å². The second-order valence-electron chi connectivity index (χ2n) is 3.76. The average Bonchev–Trinajstić information content (AvgIpc) is 2.42. The van der Waals surface area contributed by atoms with Crippen LogP contribution in [0.5, 0.6) is 5.75 Å². The van der Waals surface area contributed by atoms with Crippen molar-refractivity contribution in [2.75, 3.05) is 17.7 Å². The number of thiocarbonyl (C=S) groups is 1. The van der Waals surface area contributed by atoms with Gasteiger partial charge in [0.05, 0.1) is 23.5 Å². The molecule has 0 spiro atoms. The molecule has 0 amide bonds. The van der Waals surface area contributed by atoms with Crippen molar-refractivity contribution in [2.45, 2.75) is 0 Å². The summed E-state index contributed by atoms with van der Waals surface area (Å²) in [5.74, 6) is 0.728. The highest BCUT2D eigenvalue weighted by atomic mass is 35.5. The number of para-hydroxylation sites is 3. The van der Waals surface area contributed by atoms with Gasteiger partial charge in [0.25, 0.3) is 0 Å². The molecule has 2 N–H and O–H groups in total. The minimum Gasteiger partial charge on any atom is -0.495 e. The smallest absolute Gasteiger partial charge is 0.175 e. The van der Waals surface area contributed by atoms with Gasteiger partial charge in [0.2, 0.25) is 0 Å². The summed E-state index contributed by atoms with van der Waals surface area (Å²) in [4.78, 5) is 0. The predicted molar refractivity (Wildman–Crippen MR) is 84.3 cm³/mol. The quantitative estimate of drug-likeness (QED) is 0.832. The average molecular weight is 293 g/mol. The molecule has 2 aromatic carbocycles. The lowest BCUT2D eigenvalue weighted by molar-refractivity contribution is 0.417. The third-order valence-electron chi connectivity index (χ3n) is 2.48. The summed E-state index contributed by atoms with van der Waals surface area (Å²) >= 11 is 11.3. The molecule has 0 saturated heterocycles. The molecule has 0 aliphatic rings. The van der Waals surface area contributed by atoms with E-state index in [1.807, 2.05) is 42.5 Å². The largest absolute Gasteiger partial charge is 0.495 e. The summed E-state index contributed by atoms with van der Waals surface area (Å²) in [6, 6.07) is 15.0. The van der Waals surface area contributed by atoms with Gasteiger partial charge in [0.15, 0.2) is 5.11 Å². The van der Waals surface area contributed by atoms with E-state index in [-0.39, 0.29) is 0 Å². The molecule has 0 heterocycles. The van der Waals surface area contributed by atoms with Crippen LogP contribution in [0.4, 0.5) is 11.4 Å². The number of nitrogens with one attached hydrogen (secondary N) is 2. The molecule has 98 valence electrons. The molecule has 19 heavy (non-hydrogen) atoms. The highest BCUT2D eigenvalue weighted by Crippen LogP contribution is 2.24. The maximum Gasteiger partial charge on any atom is 0.175 e. The van der Waals surface area contributed by atoms with E-state index in [0.29, 0.717) is 10.1 Å². The number of benzene rings is 2. The van der Waals surface area contributed by atoms with E-state index in [4.69, 9.17) is 28.6 Å². The summed E-state index contributed by atoms with van der Waals surface area (Å²) in [6.07, 6.45) is 0. The van der Waals surface area contributed by atoms with Crippen molar-refractivity contribution in [3.05, 3.63) is 53.6 Å². The van der Waals surface area contributed by atoms with Crippen molar-refractivity contribution in [2.24, 2.45) is 0 Å². The van der Waals surface area contributed by atoms with Gasteiger partial charge in [-0.25, -0.2) is 0 Å². The molecule has 0 bridgehead atoms. The Morgan fingerprint density at radius 2 is 1.58 bits per heavy atom. The number of halogens is 1. The van der Waals surface area contributed by atoms with Crippen molar-refractivity contribution in [1.82, 2.24) is 0 Å². The van der Waals surface area contributed by atoms with E-state index in [0.717, 1.165) is 17.1 Å². The molecule has 0 radical (unpaired) electrons. The fraction of sp³-hybridized carbons (Fsp3) is 0.0714. The summed E-state index contributed by atoms with van der Waals surface area (Å²) in [6.45, 7) is 0. The monoisotopic (exact) mass is 292 g/mol. The first-order valence-corrected chi connectivity index (χ1v) is 6.45. The first-order valence-electron chi connectivity index (χ1n) is 5.66. The second-order valence-corrected chi connectivity index (χ2v) is 4.57. The third kappa shape index (κ3) is 3.59. The Labute approximate surface area is 122 Å². The number of ether oxygens (including phenoxy) is 1. The topological polar surface area (TPSA) is 33.3 Å². The molecule has 0 aliphatic heterocycles. The molecule has 0 atom stereocenters. The van der Waals surface area contributed by atoms with Crippen LogP contribution in [0, 0.1) is 0 Å². The maximum absolute atomic E-state index is 6.06. The fourth-order valence-electron chi connectivity index (χ4n) is 1.59. The lowest BCUT2D eigenvalue weighted by Crippen LogP contribution is -2.19. The zero-order chi connectivity index (χ0) is 13.7. The van der Waals surface area contributed by atoms with Crippen molar-refractivity contribution in [3.63, 3.8) is 0 Å². The molecular formula is C14H13ClN2OS. The standard InChI is InChI=1S/C14H13ClN2OS/c1-18-13-9-5-4-8-12(13)17-14(19)16-11-7-3-2-6-10(11)15/h2-9H,1H3,(H2,16,17,19). The SMILES string of the molecule is COc1ccccc1NC(=S)Nc1ccccc1Cl. The number of hydrogen-bond donors (Lipinski definition) is 2. The molecule has 2 rings (SSSR count). The van der Waals surface area contributed by atoms with Gasteiger partial charge in [-0.05, 0) is 36.5 Å². The number of rotatable bonds is 3. The molecular weight excluding hydrogens is 280 g/mol. The Bertz CT molecular complexity index is 589. The van der Waals surface area contributed by atoms with Gasteiger partial charge >= 0.3 is 0 Å². The van der Waals surface area contributed by atoms with E-state index in [1.54, 1.807) is 13.2 Å².